The minimum absolute atomic E-state index is 0.150. The third-order valence-corrected chi connectivity index (χ3v) is 11.1. The largest absolute Gasteiger partial charge is 0.551 e. The topological polar surface area (TPSA) is 22.9 Å². The summed E-state index contributed by atoms with van der Waals surface area (Å²) in [5, 5.41) is 1.26. The van der Waals surface area contributed by atoms with Crippen LogP contribution in [-0.4, -0.2) is 26.2 Å². The molecule has 2 unspecified atom stereocenters. The quantitative estimate of drug-likeness (QED) is 0.167. The molecule has 5 heteroatoms. The molecule has 3 nitrogen and oxygen atoms in total. The van der Waals surface area contributed by atoms with Crippen molar-refractivity contribution in [3.63, 3.8) is 0 Å². The van der Waals surface area contributed by atoms with Crippen molar-refractivity contribution in [2.75, 3.05) is 19.6 Å². The smallest absolute Gasteiger partial charge is 0.300 e. The van der Waals surface area contributed by atoms with Crippen LogP contribution < -0.4 is 21.1 Å². The maximum absolute atomic E-state index is 7.32. The van der Waals surface area contributed by atoms with E-state index in [0.717, 1.165) is 10.9 Å². The van der Waals surface area contributed by atoms with Crippen LogP contribution in [0.5, 0.6) is 0 Å². The van der Waals surface area contributed by atoms with Crippen molar-refractivity contribution in [1.29, 1.82) is 0 Å². The van der Waals surface area contributed by atoms with Crippen molar-refractivity contribution in [3.8, 4) is 0 Å². The van der Waals surface area contributed by atoms with E-state index in [1.807, 2.05) is 12.1 Å². The van der Waals surface area contributed by atoms with Gasteiger partial charge in [0.25, 0.3) is 6.55 Å². The summed E-state index contributed by atoms with van der Waals surface area (Å²) in [4.78, 5) is 1.68. The highest BCUT2D eigenvalue weighted by Crippen LogP contribution is 2.65. The number of benzene rings is 5. The van der Waals surface area contributed by atoms with Gasteiger partial charge >= 0.3 is 0 Å². The molecule has 1 saturated heterocycles. The first-order valence-electron chi connectivity index (χ1n) is 15.6. The normalized spacial score (nSPS) is 19.3. The molecule has 0 aliphatic carbocycles. The lowest BCUT2D eigenvalue weighted by Gasteiger charge is -2.57. The van der Waals surface area contributed by atoms with E-state index in [-0.39, 0.29) is 11.7 Å². The number of nitrogens with one attached hydrogen (secondary N) is 1. The van der Waals surface area contributed by atoms with Gasteiger partial charge in [-0.2, -0.15) is 0 Å². The molecule has 2 atom stereocenters. The van der Waals surface area contributed by atoms with Gasteiger partial charge in [0.2, 0.25) is 0 Å². The minimum Gasteiger partial charge on any atom is -0.551 e. The Bertz CT molecular complexity index is 1390. The summed E-state index contributed by atoms with van der Waals surface area (Å²) in [5.74, 6) is -0.300. The highest BCUT2D eigenvalue weighted by Gasteiger charge is 2.46. The molecule has 1 aliphatic heterocycles. The summed E-state index contributed by atoms with van der Waals surface area (Å²) in [6.45, 7) is 8.52. The van der Waals surface area contributed by atoms with Gasteiger partial charge in [0.05, 0.1) is 31.3 Å². The standard InChI is InChI=1S/C32H27BO2P.C6H15N/c1-6-16-26(17-7-1)31-34-33(28-20-10-3-11-21-28,29-22-12-4-13-23-29)35-32(27-18-8-2-9-19-27)36(31)30-24-14-5-15-25-30;1-4-7(5-2)6-3/h1-25,31-32H;4-6H2,1-3H3/q-1;/p+1. The van der Waals surface area contributed by atoms with Crippen LogP contribution in [0, 0.1) is 0 Å². The monoisotopic (exact) mass is 587 g/mol. The van der Waals surface area contributed by atoms with Gasteiger partial charge in [-0.1, -0.05) is 152 Å². The van der Waals surface area contributed by atoms with Gasteiger partial charge in [-0.25, -0.2) is 0 Å². The van der Waals surface area contributed by atoms with E-state index >= 15 is 0 Å². The Balaban J connectivity index is 0.000000472. The second-order valence-electron chi connectivity index (χ2n) is 10.9. The predicted octanol–water partition coefficient (Wildman–Crippen LogP) is 6.43. The van der Waals surface area contributed by atoms with E-state index in [4.69, 9.17) is 9.31 Å². The lowest BCUT2D eigenvalue weighted by atomic mass is 9.46. The zero-order valence-corrected chi connectivity index (χ0v) is 26.4. The zero-order chi connectivity index (χ0) is 29.9. The van der Waals surface area contributed by atoms with E-state index in [2.05, 4.69) is 160 Å². The molecule has 43 heavy (non-hydrogen) atoms. The average Bonchev–Trinajstić information content (AvgIpc) is 3.10. The molecule has 1 N–H and O–H groups in total. The summed E-state index contributed by atoms with van der Waals surface area (Å²) >= 11 is 0. The Kier molecular flexibility index (Phi) is 11.0. The Labute approximate surface area is 259 Å². The minimum atomic E-state index is -1.97. The molecular formula is C38H43BNO2P. The first kappa shape index (κ1) is 30.9. The summed E-state index contributed by atoms with van der Waals surface area (Å²) in [6, 6.07) is 52.9. The van der Waals surface area contributed by atoms with Crippen LogP contribution in [0.25, 0.3) is 0 Å². The lowest BCUT2D eigenvalue weighted by molar-refractivity contribution is -0.894. The van der Waals surface area contributed by atoms with Crippen molar-refractivity contribution in [3.05, 3.63) is 163 Å². The van der Waals surface area contributed by atoms with Crippen molar-refractivity contribution >= 4 is 30.7 Å². The fourth-order valence-corrected chi connectivity index (χ4v) is 8.80. The van der Waals surface area contributed by atoms with Gasteiger partial charge in [-0.05, 0) is 45.1 Å². The van der Waals surface area contributed by atoms with Gasteiger partial charge in [0.15, 0.2) is 0 Å². The maximum atomic E-state index is 7.32. The zero-order valence-electron chi connectivity index (χ0n) is 25.6. The molecule has 0 radical (unpaired) electrons. The van der Waals surface area contributed by atoms with Crippen molar-refractivity contribution in [1.82, 2.24) is 0 Å². The van der Waals surface area contributed by atoms with Crippen LogP contribution in [0.3, 0.4) is 0 Å². The van der Waals surface area contributed by atoms with Gasteiger partial charge in [-0.3, -0.25) is 0 Å². The molecule has 1 fully saturated rings. The molecule has 1 heterocycles. The molecular weight excluding hydrogens is 544 g/mol. The van der Waals surface area contributed by atoms with Crippen molar-refractivity contribution < 1.29 is 14.2 Å². The highest BCUT2D eigenvalue weighted by atomic mass is 31.1. The molecule has 220 valence electrons. The molecule has 0 bridgehead atoms. The first-order valence-corrected chi connectivity index (χ1v) is 17.1. The predicted molar refractivity (Wildman–Crippen MR) is 184 cm³/mol. The summed E-state index contributed by atoms with van der Waals surface area (Å²) in [6.07, 6.45) is 0. The van der Waals surface area contributed by atoms with Gasteiger partial charge in [0, 0.05) is 0 Å². The Morgan fingerprint density at radius 1 is 0.488 bits per heavy atom. The van der Waals surface area contributed by atoms with E-state index in [9.17, 15) is 0 Å². The van der Waals surface area contributed by atoms with Crippen molar-refractivity contribution in [2.24, 2.45) is 0 Å². The van der Waals surface area contributed by atoms with Gasteiger partial charge < -0.3 is 14.2 Å². The fourth-order valence-electron chi connectivity index (χ4n) is 5.90. The molecule has 0 saturated carbocycles. The third kappa shape index (κ3) is 7.17. The molecule has 5 aromatic rings. The van der Waals surface area contributed by atoms with E-state index < -0.39 is 14.5 Å². The second kappa shape index (κ2) is 15.3. The highest BCUT2D eigenvalue weighted by molar-refractivity contribution is 7.66. The van der Waals surface area contributed by atoms with Crippen LogP contribution in [0.15, 0.2) is 152 Å². The van der Waals surface area contributed by atoms with Crippen LogP contribution in [0.2, 0.25) is 0 Å². The average molecular weight is 588 g/mol. The third-order valence-electron chi connectivity index (χ3n) is 8.35. The number of hydrogen-bond acceptors (Lipinski definition) is 2. The molecule has 0 amide bonds. The van der Waals surface area contributed by atoms with Crippen LogP contribution in [-0.2, 0) is 9.31 Å². The summed E-state index contributed by atoms with van der Waals surface area (Å²) < 4.78 is 14.6. The fraction of sp³-hybridized carbons (Fsp3) is 0.211. The van der Waals surface area contributed by atoms with Gasteiger partial charge in [0.1, 0.15) is 0 Å². The molecule has 0 aromatic heterocycles. The molecule has 6 rings (SSSR count). The Morgan fingerprint density at radius 3 is 1.14 bits per heavy atom. The van der Waals surface area contributed by atoms with E-state index in [0.29, 0.717) is 0 Å². The number of quaternary nitrogens is 1. The van der Waals surface area contributed by atoms with E-state index in [1.165, 1.54) is 36.1 Å². The summed E-state index contributed by atoms with van der Waals surface area (Å²) in [5.41, 5.74) is 4.45. The SMILES string of the molecule is CC[NH+](CC)CC.c1ccc(C2O[B-](c3ccccc3)(c3ccccc3)OC(c3ccccc3)P2c2ccccc2)cc1. The Morgan fingerprint density at radius 2 is 0.814 bits per heavy atom. The van der Waals surface area contributed by atoms with Crippen LogP contribution in [0.4, 0.5) is 0 Å². The molecule has 0 spiro atoms. The molecule has 1 aliphatic rings. The number of rotatable bonds is 8. The van der Waals surface area contributed by atoms with Gasteiger partial charge in [-0.15, -0.1) is 10.9 Å². The van der Waals surface area contributed by atoms with Crippen molar-refractivity contribution in [2.45, 2.75) is 32.5 Å². The maximum Gasteiger partial charge on any atom is 0.300 e. The second-order valence-corrected chi connectivity index (χ2v) is 13.2. The Hall–Kier alpha value is -3.53. The van der Waals surface area contributed by atoms with E-state index in [1.54, 1.807) is 4.90 Å². The molecule has 5 aromatic carbocycles. The first-order chi connectivity index (χ1) is 21.2. The van der Waals surface area contributed by atoms with Crippen LogP contribution >= 0.6 is 7.92 Å². The van der Waals surface area contributed by atoms with Crippen LogP contribution in [0.1, 0.15) is 43.6 Å². The summed E-state index contributed by atoms with van der Waals surface area (Å²) in [7, 11) is -0.914. The number of hydrogen-bond donors (Lipinski definition) is 1. The lowest BCUT2D eigenvalue weighted by Crippen LogP contribution is -3.11.